The third-order valence-electron chi connectivity index (χ3n) is 0.757. The second-order valence-corrected chi connectivity index (χ2v) is 1.46. The molecule has 0 aromatic carbocycles. The van der Waals surface area contributed by atoms with E-state index in [4.69, 9.17) is 15.9 Å². The standard InChI is InChI=1S/C4H9NO3.Pb.2H/c5-3(1-2-6)4(7)8;;;/h3,6H,1-2,5H2,(H,7,8);;;. The van der Waals surface area contributed by atoms with Crippen LogP contribution in [0.2, 0.25) is 0 Å². The molecule has 2 radical (unpaired) electrons. The van der Waals surface area contributed by atoms with Crippen LogP contribution in [0.5, 0.6) is 0 Å². The molecule has 0 saturated heterocycles. The minimum absolute atomic E-state index is 0. The topological polar surface area (TPSA) is 83.5 Å². The number of hydrogen-bond donors (Lipinski definition) is 3. The first-order chi connectivity index (χ1) is 3.68. The minimum atomic E-state index is -1.07. The number of carbonyl (C=O) groups is 1. The fourth-order valence-corrected chi connectivity index (χ4v) is 0.263. The zero-order valence-corrected chi connectivity index (χ0v) is 10.6. The number of aliphatic carboxylic acids is 1. The van der Waals surface area contributed by atoms with Crippen molar-refractivity contribution in [3.63, 3.8) is 0 Å². The Morgan fingerprint density at radius 2 is 2.11 bits per heavy atom. The Labute approximate surface area is 73.2 Å². The van der Waals surface area contributed by atoms with E-state index in [2.05, 4.69) is 0 Å². The van der Waals surface area contributed by atoms with Crippen molar-refractivity contribution in [2.75, 3.05) is 6.61 Å². The summed E-state index contributed by atoms with van der Waals surface area (Å²) in [7, 11) is 0. The Morgan fingerprint density at radius 1 is 1.67 bits per heavy atom. The van der Waals surface area contributed by atoms with Crippen molar-refractivity contribution in [1.29, 1.82) is 0 Å². The second kappa shape index (κ2) is 6.43. The van der Waals surface area contributed by atoms with E-state index in [0.29, 0.717) is 0 Å². The summed E-state index contributed by atoms with van der Waals surface area (Å²) in [5, 5.41) is 16.2. The van der Waals surface area contributed by atoms with Crippen molar-refractivity contribution in [3.05, 3.63) is 0 Å². The molecule has 0 aliphatic heterocycles. The van der Waals surface area contributed by atoms with Crippen LogP contribution in [0.15, 0.2) is 0 Å². The molecular formula is C4H11NO3Pb. The van der Waals surface area contributed by atoms with Gasteiger partial charge in [-0.05, 0) is 6.42 Å². The summed E-state index contributed by atoms with van der Waals surface area (Å²) < 4.78 is 0. The van der Waals surface area contributed by atoms with Crippen molar-refractivity contribution in [3.8, 4) is 0 Å². The van der Waals surface area contributed by atoms with Gasteiger partial charge < -0.3 is 15.9 Å². The number of hydrogen-bond acceptors (Lipinski definition) is 3. The summed E-state index contributed by atoms with van der Waals surface area (Å²) >= 11 is 0. The zero-order chi connectivity index (χ0) is 6.57. The van der Waals surface area contributed by atoms with E-state index >= 15 is 0 Å². The molecule has 0 aromatic rings. The van der Waals surface area contributed by atoms with Gasteiger partial charge in [0.2, 0.25) is 0 Å². The number of aliphatic hydroxyl groups excluding tert-OH is 1. The van der Waals surface area contributed by atoms with Crippen LogP contribution in [0, 0.1) is 0 Å². The van der Waals surface area contributed by atoms with Gasteiger partial charge in [-0.2, -0.15) is 0 Å². The van der Waals surface area contributed by atoms with Gasteiger partial charge in [0.15, 0.2) is 0 Å². The van der Waals surface area contributed by atoms with Crippen LogP contribution in [0.1, 0.15) is 6.42 Å². The van der Waals surface area contributed by atoms with Crippen molar-refractivity contribution < 1.29 is 15.0 Å². The number of carboxylic acids is 1. The zero-order valence-electron chi connectivity index (χ0n) is 5.08. The van der Waals surface area contributed by atoms with E-state index in [1.807, 2.05) is 0 Å². The van der Waals surface area contributed by atoms with Crippen molar-refractivity contribution in [2.24, 2.45) is 5.73 Å². The molecule has 0 heterocycles. The molecule has 0 aromatic heterocycles. The van der Waals surface area contributed by atoms with Gasteiger partial charge in [-0.1, -0.05) is 0 Å². The molecule has 0 aliphatic carbocycles. The molecule has 0 amide bonds. The quantitative estimate of drug-likeness (QED) is 0.517. The van der Waals surface area contributed by atoms with Crippen molar-refractivity contribution in [2.45, 2.75) is 12.5 Å². The molecule has 0 saturated carbocycles. The summed E-state index contributed by atoms with van der Waals surface area (Å²) in [6.07, 6.45) is 0.120. The molecule has 0 fully saturated rings. The Hall–Kier alpha value is 0.312. The van der Waals surface area contributed by atoms with Crippen LogP contribution in [-0.2, 0) is 4.79 Å². The third-order valence-corrected chi connectivity index (χ3v) is 0.757. The summed E-state index contributed by atoms with van der Waals surface area (Å²) in [5.74, 6) is -1.07. The van der Waals surface area contributed by atoms with Gasteiger partial charge in [0, 0.05) is 6.61 Å². The predicted molar refractivity (Wildman–Crippen MR) is 35.9 cm³/mol. The van der Waals surface area contributed by atoms with Gasteiger partial charge >= 0.3 is 33.3 Å². The third kappa shape index (κ3) is 6.19. The molecule has 0 rings (SSSR count). The van der Waals surface area contributed by atoms with E-state index in [1.54, 1.807) is 0 Å². The summed E-state index contributed by atoms with van der Waals surface area (Å²) in [5.41, 5.74) is 4.97. The molecule has 9 heavy (non-hydrogen) atoms. The van der Waals surface area contributed by atoms with E-state index in [0.717, 1.165) is 0 Å². The normalized spacial score (nSPS) is 11.8. The average Bonchev–Trinajstić information content (AvgIpc) is 1.67. The first-order valence-electron chi connectivity index (χ1n) is 2.27. The number of rotatable bonds is 3. The fraction of sp³-hybridized carbons (Fsp3) is 0.750. The SMILES string of the molecule is NC(CCO)C(=O)O.[PbH2]. The van der Waals surface area contributed by atoms with E-state index in [9.17, 15) is 4.79 Å². The van der Waals surface area contributed by atoms with Gasteiger partial charge in [0.25, 0.3) is 0 Å². The van der Waals surface area contributed by atoms with Crippen LogP contribution < -0.4 is 5.73 Å². The molecule has 5 heteroatoms. The van der Waals surface area contributed by atoms with Gasteiger partial charge in [-0.25, -0.2) is 0 Å². The molecule has 0 spiro atoms. The Morgan fingerprint density at radius 3 is 2.22 bits per heavy atom. The summed E-state index contributed by atoms with van der Waals surface area (Å²) in [4.78, 5) is 9.85. The maximum absolute atomic E-state index is 9.85. The van der Waals surface area contributed by atoms with Gasteiger partial charge in [0.1, 0.15) is 6.04 Å². The second-order valence-electron chi connectivity index (χ2n) is 1.46. The number of nitrogens with two attached hydrogens (primary N) is 1. The van der Waals surface area contributed by atoms with Gasteiger partial charge in [-0.15, -0.1) is 0 Å². The number of carboxylic acid groups (broad SMARTS) is 1. The molecule has 0 aliphatic rings. The summed E-state index contributed by atoms with van der Waals surface area (Å²) in [6.45, 7) is -0.173. The molecule has 4 N–H and O–H groups in total. The maximum atomic E-state index is 9.85. The summed E-state index contributed by atoms with van der Waals surface area (Å²) in [6, 6.07) is -0.917. The molecular weight excluding hydrogens is 317 g/mol. The average molecular weight is 328 g/mol. The molecule has 54 valence electrons. The first-order valence-corrected chi connectivity index (χ1v) is 2.27. The first kappa shape index (κ1) is 12.0. The van der Waals surface area contributed by atoms with E-state index < -0.39 is 12.0 Å². The molecule has 4 nitrogen and oxygen atoms in total. The van der Waals surface area contributed by atoms with Crippen LogP contribution in [0.25, 0.3) is 0 Å². The van der Waals surface area contributed by atoms with Crippen LogP contribution in [-0.4, -0.2) is 56.1 Å². The fourth-order valence-electron chi connectivity index (χ4n) is 0.263. The van der Waals surface area contributed by atoms with E-state index in [1.165, 1.54) is 0 Å². The Kier molecular flexibility index (Phi) is 8.60. The van der Waals surface area contributed by atoms with Crippen molar-refractivity contribution in [1.82, 2.24) is 0 Å². The van der Waals surface area contributed by atoms with Crippen LogP contribution >= 0.6 is 0 Å². The Bertz CT molecular complexity index is 87.9. The van der Waals surface area contributed by atoms with Gasteiger partial charge in [-0.3, -0.25) is 4.79 Å². The van der Waals surface area contributed by atoms with Crippen molar-refractivity contribution >= 4 is 33.3 Å². The molecule has 1 atom stereocenters. The Balaban J connectivity index is 0. The monoisotopic (exact) mass is 329 g/mol. The van der Waals surface area contributed by atoms with Gasteiger partial charge in [0.05, 0.1) is 0 Å². The van der Waals surface area contributed by atoms with Crippen LogP contribution in [0.3, 0.4) is 0 Å². The number of aliphatic hydroxyl groups is 1. The van der Waals surface area contributed by atoms with Crippen LogP contribution in [0.4, 0.5) is 0 Å². The van der Waals surface area contributed by atoms with E-state index in [-0.39, 0.29) is 40.3 Å². The molecule has 1 unspecified atom stereocenters. The predicted octanol–water partition coefficient (Wildman–Crippen LogP) is -2.14. The molecule has 0 bridgehead atoms.